The summed E-state index contributed by atoms with van der Waals surface area (Å²) in [7, 11) is 0. The molecule has 0 aliphatic heterocycles. The van der Waals surface area contributed by atoms with E-state index in [0.717, 1.165) is 0 Å². The van der Waals surface area contributed by atoms with Gasteiger partial charge in [-0.1, -0.05) is 12.1 Å². The van der Waals surface area contributed by atoms with E-state index in [2.05, 4.69) is 26.1 Å². The largest absolute Gasteiger partial charge is 0.492 e. The van der Waals surface area contributed by atoms with Gasteiger partial charge in [-0.2, -0.15) is 0 Å². The number of hydrazine groups is 1. The van der Waals surface area contributed by atoms with Crippen LogP contribution in [-0.4, -0.2) is 22.5 Å². The van der Waals surface area contributed by atoms with Crippen molar-refractivity contribution in [1.82, 2.24) is 15.4 Å². The van der Waals surface area contributed by atoms with Crippen LogP contribution in [0.1, 0.15) is 17.3 Å². The van der Waals surface area contributed by atoms with Crippen molar-refractivity contribution in [3.05, 3.63) is 66.2 Å². The second kappa shape index (κ2) is 8.67. The molecule has 5 N–H and O–H groups in total. The smallest absolute Gasteiger partial charge is 0.269 e. The van der Waals surface area contributed by atoms with Crippen molar-refractivity contribution in [1.29, 1.82) is 0 Å². The molecule has 0 atom stereocenters. The second-order valence-electron chi connectivity index (χ2n) is 5.62. The first-order valence-electron chi connectivity index (χ1n) is 8.49. The SMILES string of the molecule is CCOc1ccccc1Nc1ncnc(NNC(=O)c2ccc(F)cc2)c1N. The summed E-state index contributed by atoms with van der Waals surface area (Å²) in [4.78, 5) is 20.3. The molecule has 0 radical (unpaired) electrons. The zero-order valence-electron chi connectivity index (χ0n) is 15.1. The van der Waals surface area contributed by atoms with Crippen LogP contribution in [0.2, 0.25) is 0 Å². The molecule has 0 saturated heterocycles. The Kier molecular flexibility index (Phi) is 5.85. The van der Waals surface area contributed by atoms with Crippen LogP contribution in [0.4, 0.5) is 27.4 Å². The van der Waals surface area contributed by atoms with E-state index < -0.39 is 11.7 Å². The number of aromatic nitrogens is 2. The molecule has 28 heavy (non-hydrogen) atoms. The molecule has 3 rings (SSSR count). The van der Waals surface area contributed by atoms with E-state index in [1.165, 1.54) is 30.6 Å². The molecule has 0 unspecified atom stereocenters. The number of nitrogens with one attached hydrogen (secondary N) is 3. The number of hydrogen-bond acceptors (Lipinski definition) is 7. The van der Waals surface area contributed by atoms with Crippen LogP contribution in [0.3, 0.4) is 0 Å². The van der Waals surface area contributed by atoms with Crippen molar-refractivity contribution < 1.29 is 13.9 Å². The van der Waals surface area contributed by atoms with E-state index in [4.69, 9.17) is 10.5 Å². The summed E-state index contributed by atoms with van der Waals surface area (Å²) >= 11 is 0. The zero-order chi connectivity index (χ0) is 19.9. The number of halogens is 1. The molecule has 1 amide bonds. The van der Waals surface area contributed by atoms with E-state index in [-0.39, 0.29) is 17.1 Å². The van der Waals surface area contributed by atoms with E-state index in [1.807, 2.05) is 31.2 Å². The molecule has 1 aromatic heterocycles. The number of amides is 1. The Bertz CT molecular complexity index is 965. The molecule has 1 heterocycles. The van der Waals surface area contributed by atoms with Crippen LogP contribution in [-0.2, 0) is 0 Å². The average Bonchev–Trinajstić information content (AvgIpc) is 2.70. The molecule has 3 aromatic rings. The molecule has 144 valence electrons. The van der Waals surface area contributed by atoms with Gasteiger partial charge in [0, 0.05) is 5.56 Å². The highest BCUT2D eigenvalue weighted by molar-refractivity contribution is 5.95. The van der Waals surface area contributed by atoms with Gasteiger partial charge in [0.25, 0.3) is 5.91 Å². The highest BCUT2D eigenvalue weighted by Crippen LogP contribution is 2.30. The fraction of sp³-hybridized carbons (Fsp3) is 0.105. The van der Waals surface area contributed by atoms with Crippen molar-refractivity contribution in [2.75, 3.05) is 23.1 Å². The Balaban J connectivity index is 1.72. The molecule has 0 fully saturated rings. The number of nitrogen functional groups attached to an aromatic ring is 1. The Morgan fingerprint density at radius 3 is 2.57 bits per heavy atom. The van der Waals surface area contributed by atoms with Crippen LogP contribution >= 0.6 is 0 Å². The van der Waals surface area contributed by atoms with Gasteiger partial charge >= 0.3 is 0 Å². The molecule has 8 nitrogen and oxygen atoms in total. The highest BCUT2D eigenvalue weighted by Gasteiger charge is 2.12. The Morgan fingerprint density at radius 1 is 1.11 bits per heavy atom. The van der Waals surface area contributed by atoms with Crippen LogP contribution < -0.4 is 26.6 Å². The number of ether oxygens (including phenoxy) is 1. The molecule has 2 aromatic carbocycles. The minimum atomic E-state index is -0.464. The van der Waals surface area contributed by atoms with Crippen LogP contribution in [0.25, 0.3) is 0 Å². The molecular weight excluding hydrogens is 363 g/mol. The van der Waals surface area contributed by atoms with Gasteiger partial charge in [0.2, 0.25) is 0 Å². The lowest BCUT2D eigenvalue weighted by atomic mass is 10.2. The number of carbonyl (C=O) groups excluding carboxylic acids is 1. The van der Waals surface area contributed by atoms with Gasteiger partial charge in [0.1, 0.15) is 23.6 Å². The van der Waals surface area contributed by atoms with Crippen LogP contribution in [0.5, 0.6) is 5.75 Å². The summed E-state index contributed by atoms with van der Waals surface area (Å²) in [5.41, 5.74) is 12.4. The Hall–Kier alpha value is -3.88. The summed E-state index contributed by atoms with van der Waals surface area (Å²) in [5, 5.41) is 3.10. The molecule has 0 saturated carbocycles. The van der Waals surface area contributed by atoms with Crippen molar-refractivity contribution in [3.63, 3.8) is 0 Å². The Morgan fingerprint density at radius 2 is 1.82 bits per heavy atom. The maximum atomic E-state index is 13.0. The van der Waals surface area contributed by atoms with Gasteiger partial charge in [-0.15, -0.1) is 0 Å². The third-order valence-electron chi connectivity index (χ3n) is 3.72. The highest BCUT2D eigenvalue weighted by atomic mass is 19.1. The number of para-hydroxylation sites is 2. The quantitative estimate of drug-likeness (QED) is 0.464. The number of hydrogen-bond donors (Lipinski definition) is 4. The number of carbonyl (C=O) groups is 1. The van der Waals surface area contributed by atoms with Crippen molar-refractivity contribution in [2.24, 2.45) is 0 Å². The third kappa shape index (κ3) is 4.44. The maximum Gasteiger partial charge on any atom is 0.269 e. The van der Waals surface area contributed by atoms with Gasteiger partial charge in [-0.3, -0.25) is 15.6 Å². The van der Waals surface area contributed by atoms with Crippen molar-refractivity contribution >= 4 is 28.9 Å². The first-order valence-corrected chi connectivity index (χ1v) is 8.49. The number of nitrogens with zero attached hydrogens (tertiary/aromatic N) is 2. The summed E-state index contributed by atoms with van der Waals surface area (Å²) in [6, 6.07) is 12.5. The molecule has 0 bridgehead atoms. The topological polar surface area (TPSA) is 114 Å². The molecule has 0 aliphatic carbocycles. The summed E-state index contributed by atoms with van der Waals surface area (Å²) in [5.74, 6) is 0.325. The van der Waals surface area contributed by atoms with Gasteiger partial charge in [-0.05, 0) is 43.3 Å². The lowest BCUT2D eigenvalue weighted by Gasteiger charge is -2.15. The maximum absolute atomic E-state index is 13.0. The second-order valence-corrected chi connectivity index (χ2v) is 5.62. The van der Waals surface area contributed by atoms with Gasteiger partial charge in [0.15, 0.2) is 11.6 Å². The predicted octanol–water partition coefficient (Wildman–Crippen LogP) is 3.10. The van der Waals surface area contributed by atoms with E-state index in [9.17, 15) is 9.18 Å². The number of benzene rings is 2. The fourth-order valence-corrected chi connectivity index (χ4v) is 2.36. The van der Waals surface area contributed by atoms with Crippen molar-refractivity contribution in [2.45, 2.75) is 6.92 Å². The van der Waals surface area contributed by atoms with Crippen LogP contribution in [0.15, 0.2) is 54.9 Å². The fourth-order valence-electron chi connectivity index (χ4n) is 2.36. The molecular formula is C19H19FN6O2. The zero-order valence-corrected chi connectivity index (χ0v) is 15.1. The summed E-state index contributed by atoms with van der Waals surface area (Å²) in [6.07, 6.45) is 1.30. The first kappa shape index (κ1) is 18.9. The minimum absolute atomic E-state index is 0.202. The van der Waals surface area contributed by atoms with E-state index in [1.54, 1.807) is 0 Å². The number of rotatable bonds is 7. The first-order chi connectivity index (χ1) is 13.6. The Labute approximate surface area is 160 Å². The summed E-state index contributed by atoms with van der Waals surface area (Å²) < 4.78 is 18.5. The predicted molar refractivity (Wildman–Crippen MR) is 105 cm³/mol. The number of anilines is 4. The van der Waals surface area contributed by atoms with Crippen LogP contribution in [0, 0.1) is 5.82 Å². The number of nitrogens with two attached hydrogens (primary N) is 1. The van der Waals surface area contributed by atoms with Crippen molar-refractivity contribution in [3.8, 4) is 5.75 Å². The van der Waals surface area contributed by atoms with Gasteiger partial charge < -0.3 is 15.8 Å². The average molecular weight is 382 g/mol. The standard InChI is InChI=1S/C19H19FN6O2/c1-2-28-15-6-4-3-5-14(15)24-17-16(21)18(23-11-22-17)25-26-19(27)12-7-9-13(20)10-8-12/h3-11H,2,21H2,1H3,(H,26,27)(H2,22,23,24,25). The monoisotopic (exact) mass is 382 g/mol. The minimum Gasteiger partial charge on any atom is -0.492 e. The molecule has 0 aliphatic rings. The normalized spacial score (nSPS) is 10.2. The third-order valence-corrected chi connectivity index (χ3v) is 3.72. The summed E-state index contributed by atoms with van der Waals surface area (Å²) in [6.45, 7) is 2.40. The van der Waals surface area contributed by atoms with Gasteiger partial charge in [-0.25, -0.2) is 14.4 Å². The molecule has 0 spiro atoms. The van der Waals surface area contributed by atoms with E-state index in [0.29, 0.717) is 23.9 Å². The lowest BCUT2D eigenvalue weighted by molar-refractivity contribution is 0.0962. The van der Waals surface area contributed by atoms with Gasteiger partial charge in [0.05, 0.1) is 12.3 Å². The lowest BCUT2D eigenvalue weighted by Crippen LogP contribution is -2.30. The molecule has 9 heteroatoms. The van der Waals surface area contributed by atoms with E-state index >= 15 is 0 Å².